The van der Waals surface area contributed by atoms with Gasteiger partial charge in [0.2, 0.25) is 0 Å². The molecule has 2 aromatic rings. The quantitative estimate of drug-likeness (QED) is 0.196. The number of oxime groups is 1. The molecule has 3 aliphatic rings. The Morgan fingerprint density at radius 1 is 1.07 bits per heavy atom. The van der Waals surface area contributed by atoms with E-state index in [0.717, 1.165) is 10.6 Å². The van der Waals surface area contributed by atoms with Crippen molar-refractivity contribution in [2.45, 2.75) is 135 Å². The number of anilines is 1. The molecule has 0 saturated carbocycles. The number of esters is 1. The van der Waals surface area contributed by atoms with Gasteiger partial charge in [0.05, 0.1) is 42.8 Å². The Balaban J connectivity index is 1.57. The molecule has 2 bridgehead atoms. The Morgan fingerprint density at radius 3 is 2.41 bits per heavy atom. The van der Waals surface area contributed by atoms with Crippen molar-refractivity contribution in [2.75, 3.05) is 33.0 Å². The van der Waals surface area contributed by atoms with Gasteiger partial charge in [-0.1, -0.05) is 32.9 Å². The topological polar surface area (TPSA) is 214 Å². The minimum absolute atomic E-state index is 0.0146. The maximum absolute atomic E-state index is 14.4. The van der Waals surface area contributed by atoms with Crippen molar-refractivity contribution in [1.82, 2.24) is 14.9 Å². The van der Waals surface area contributed by atoms with Crippen molar-refractivity contribution in [3.63, 3.8) is 0 Å². The monoisotopic (exact) mass is 831 g/mol. The number of nitrogen functional groups attached to an aromatic ring is 1. The maximum atomic E-state index is 14.4. The largest absolute Gasteiger partial charge is 0.459 e. The second-order valence-electron chi connectivity index (χ2n) is 16.8. The molecule has 0 amide bonds. The van der Waals surface area contributed by atoms with Crippen LogP contribution in [0.1, 0.15) is 80.3 Å². The van der Waals surface area contributed by atoms with Gasteiger partial charge in [-0.05, 0) is 73.2 Å². The van der Waals surface area contributed by atoms with Gasteiger partial charge in [-0.15, -0.1) is 11.3 Å². The van der Waals surface area contributed by atoms with Crippen LogP contribution in [-0.2, 0) is 49.5 Å². The third-order valence-electron chi connectivity index (χ3n) is 11.8. The molecule has 0 unspecified atom stereocenters. The van der Waals surface area contributed by atoms with Crippen LogP contribution in [0.25, 0.3) is 10.6 Å². The Labute approximate surface area is 344 Å². The second kappa shape index (κ2) is 18.9. The predicted molar refractivity (Wildman–Crippen MR) is 215 cm³/mol. The first-order valence-electron chi connectivity index (χ1n) is 20.0. The van der Waals surface area contributed by atoms with Crippen LogP contribution in [0.2, 0.25) is 0 Å². The molecule has 4 N–H and O–H groups in total. The first-order valence-corrected chi connectivity index (χ1v) is 20.9. The molecule has 3 aliphatic heterocycles. The lowest BCUT2D eigenvalue weighted by atomic mass is 9.74. The fourth-order valence-corrected chi connectivity index (χ4v) is 9.15. The molecule has 58 heavy (non-hydrogen) atoms. The van der Waals surface area contributed by atoms with Crippen molar-refractivity contribution in [3.05, 3.63) is 29.4 Å². The van der Waals surface area contributed by atoms with Gasteiger partial charge < -0.3 is 49.4 Å². The smallest absolute Gasteiger partial charge is 0.316 e. The summed E-state index contributed by atoms with van der Waals surface area (Å²) in [5.41, 5.74) is 4.12. The molecule has 0 spiro atoms. The molecule has 0 aliphatic carbocycles. The molecule has 17 heteroatoms. The molecule has 13 atom stereocenters. The number of aliphatic hydroxyl groups excluding tert-OH is 1. The van der Waals surface area contributed by atoms with Crippen LogP contribution in [0.5, 0.6) is 0 Å². The third kappa shape index (κ3) is 10.1. The summed E-state index contributed by atoms with van der Waals surface area (Å²) in [5, 5.41) is 30.7. The summed E-state index contributed by atoms with van der Waals surface area (Å²) in [7, 11) is 3.72. The summed E-state index contributed by atoms with van der Waals surface area (Å²) in [5.74, 6) is -5.07. The Bertz CT molecular complexity index is 1770. The number of fused-ring (bicyclic) bond motifs is 5. The van der Waals surface area contributed by atoms with E-state index in [-0.39, 0.29) is 56.3 Å². The van der Waals surface area contributed by atoms with Crippen LogP contribution >= 0.6 is 11.3 Å². The normalized spacial score (nSPS) is 37.8. The fraction of sp³-hybridized carbons (Fsp3) is 0.707. The third-order valence-corrected chi connectivity index (χ3v) is 12.7. The molecular formula is C41H61N5O11S. The number of carbonyl (C=O) groups is 3. The van der Waals surface area contributed by atoms with E-state index >= 15 is 0 Å². The van der Waals surface area contributed by atoms with Crippen LogP contribution in [0.3, 0.4) is 0 Å². The number of ether oxygens (including phenoxy) is 5. The molecule has 0 aromatic carbocycles. The summed E-state index contributed by atoms with van der Waals surface area (Å²) in [6.45, 7) is 12.9. The highest BCUT2D eigenvalue weighted by molar-refractivity contribution is 7.13. The number of nitrogens with zero attached hydrogens (tertiary/aromatic N) is 4. The van der Waals surface area contributed by atoms with Crippen molar-refractivity contribution in [3.8, 4) is 10.6 Å². The van der Waals surface area contributed by atoms with Gasteiger partial charge in [0, 0.05) is 40.9 Å². The molecular weight excluding hydrogens is 771 g/mol. The molecule has 3 saturated heterocycles. The number of hydrogen-bond acceptors (Lipinski definition) is 17. The minimum atomic E-state index is -1.88. The molecule has 5 heterocycles. The lowest BCUT2D eigenvalue weighted by molar-refractivity contribution is -0.296. The number of rotatable bonds is 8. The zero-order valence-electron chi connectivity index (χ0n) is 35.2. The molecule has 5 rings (SSSR count). The van der Waals surface area contributed by atoms with Crippen molar-refractivity contribution < 1.29 is 53.1 Å². The lowest BCUT2D eigenvalue weighted by Crippen LogP contribution is -2.60. The van der Waals surface area contributed by atoms with E-state index in [0.29, 0.717) is 17.9 Å². The molecule has 322 valence electrons. The van der Waals surface area contributed by atoms with Crippen LogP contribution in [-0.4, -0.2) is 130 Å². The van der Waals surface area contributed by atoms with Crippen molar-refractivity contribution in [1.29, 1.82) is 0 Å². The highest BCUT2D eigenvalue weighted by Crippen LogP contribution is 2.40. The Hall–Kier alpha value is -3.42. The number of likely N-dealkylation sites (N-methyl/N-ethyl adjacent to an activating group) is 1. The number of nitrogens with two attached hydrogens (primary N) is 1. The van der Waals surface area contributed by atoms with Gasteiger partial charge in [0.1, 0.15) is 46.0 Å². The van der Waals surface area contributed by atoms with Gasteiger partial charge in [0.15, 0.2) is 18.7 Å². The van der Waals surface area contributed by atoms with E-state index < -0.39 is 77.3 Å². The summed E-state index contributed by atoms with van der Waals surface area (Å²) < 4.78 is 31.9. The zero-order valence-corrected chi connectivity index (χ0v) is 36.1. The number of cyclic esters (lactones) is 1. The molecule has 3 fully saturated rings. The summed E-state index contributed by atoms with van der Waals surface area (Å²) in [4.78, 5) is 59.0. The SMILES string of the molecule is CC[C@H]1OC(=O)[C@H](C)C(=O)[C@H](C)[C@@H](O[C@@H]2O[C@H](C)C[C@H](N(C)C)[C@H]2O)[C@@]2(C)C[C@@H](C)C(=O)[C@H](C)[C@@H](OC/C(=N\OCc3ccc(-c4nc(N)cs4)cn3)CO2)[C@]1(C)O. The summed E-state index contributed by atoms with van der Waals surface area (Å²) in [6.07, 6.45) is -3.66. The predicted octanol–water partition coefficient (Wildman–Crippen LogP) is 3.80. The van der Waals surface area contributed by atoms with Crippen molar-refractivity contribution in [2.24, 2.45) is 28.8 Å². The Kier molecular flexibility index (Phi) is 14.9. The molecule has 16 nitrogen and oxygen atoms in total. The van der Waals surface area contributed by atoms with E-state index in [4.69, 9.17) is 34.3 Å². The van der Waals surface area contributed by atoms with Crippen LogP contribution in [0.4, 0.5) is 5.82 Å². The number of Topliss-reactive ketones (excluding diaryl/α,β-unsaturated/α-hetero) is 2. The number of aliphatic hydroxyl groups is 2. The van der Waals surface area contributed by atoms with Crippen molar-refractivity contribution >= 4 is 40.4 Å². The van der Waals surface area contributed by atoms with Gasteiger partial charge >= 0.3 is 5.97 Å². The van der Waals surface area contributed by atoms with E-state index in [1.165, 1.54) is 25.2 Å². The number of aromatic nitrogens is 2. The zero-order chi connectivity index (χ0) is 42.7. The Morgan fingerprint density at radius 2 is 1.79 bits per heavy atom. The van der Waals surface area contributed by atoms with Crippen LogP contribution in [0, 0.1) is 23.7 Å². The summed E-state index contributed by atoms with van der Waals surface area (Å²) in [6, 6.07) is 3.32. The van der Waals surface area contributed by atoms with Crippen LogP contribution in [0.15, 0.2) is 28.9 Å². The standard InChI is InChI=1S/C41H61N5O11S/c1-11-30-41(8,51)36-23(4)32(47)21(2)15-40(7,53-18-28(17-52-36)45-54-19-27-13-12-26(16-43-27)37-44-31(42)20-58-37)35(24(5)33(48)25(6)38(50)56-30)57-39-34(49)29(46(9)10)14-22(3)55-39/h12-13,16,20-25,29-30,34-36,39,49,51H,11,14-15,17-19,42H2,1-10H3/b45-28+/t21-,22-,23+,24+,25-,29+,30-,34-,35-,36-,39+,40-,41-/m1/s1. The van der Waals surface area contributed by atoms with Crippen LogP contribution < -0.4 is 5.73 Å². The number of pyridine rings is 1. The highest BCUT2D eigenvalue weighted by Gasteiger charge is 2.53. The maximum Gasteiger partial charge on any atom is 0.316 e. The lowest BCUT2D eigenvalue weighted by Gasteiger charge is -2.47. The molecule has 0 radical (unpaired) electrons. The van der Waals surface area contributed by atoms with E-state index in [1.54, 1.807) is 52.3 Å². The van der Waals surface area contributed by atoms with E-state index in [9.17, 15) is 24.6 Å². The fourth-order valence-electron chi connectivity index (χ4n) is 8.45. The number of hydrogen-bond donors (Lipinski definition) is 3. The number of carbonyl (C=O) groups excluding carboxylic acids is 3. The van der Waals surface area contributed by atoms with E-state index in [2.05, 4.69) is 15.1 Å². The van der Waals surface area contributed by atoms with Gasteiger partial charge in [0.25, 0.3) is 0 Å². The summed E-state index contributed by atoms with van der Waals surface area (Å²) >= 11 is 1.41. The first kappa shape index (κ1) is 45.7. The highest BCUT2D eigenvalue weighted by atomic mass is 32.1. The number of thiazole rings is 1. The van der Waals surface area contributed by atoms with Gasteiger partial charge in [-0.3, -0.25) is 19.4 Å². The van der Waals surface area contributed by atoms with E-state index in [1.807, 2.05) is 32.0 Å². The molecule has 2 aromatic heterocycles. The van der Waals surface area contributed by atoms with Gasteiger partial charge in [-0.2, -0.15) is 0 Å². The second-order valence-corrected chi connectivity index (χ2v) is 17.6. The van der Waals surface area contributed by atoms with Gasteiger partial charge in [-0.25, -0.2) is 4.98 Å². The average molecular weight is 832 g/mol. The first-order chi connectivity index (χ1) is 27.3. The minimum Gasteiger partial charge on any atom is -0.459 e. The number of ketones is 2. The average Bonchev–Trinajstić information content (AvgIpc) is 3.62.